The fraction of sp³-hybridized carbons (Fsp3) is 0.714. The molecule has 0 amide bonds. The van der Waals surface area contributed by atoms with Gasteiger partial charge in [-0.25, -0.2) is 0 Å². The van der Waals surface area contributed by atoms with Gasteiger partial charge in [0.05, 0.1) is 8.80 Å². The number of rotatable bonds is 5. The molecular weight excluding hydrogens is 140 g/mol. The molecule has 0 spiro atoms. The minimum absolute atomic E-state index is 0.474. The zero-order chi connectivity index (χ0) is 7.82. The largest absolute Gasteiger partial charge is 0.329 e. The van der Waals surface area contributed by atoms with Gasteiger partial charge in [-0.1, -0.05) is 19.2 Å². The minimum atomic E-state index is -0.474. The maximum absolute atomic E-state index is 5.29. The Hall–Kier alpha value is -0.123. The molecule has 0 atom stereocenters. The maximum atomic E-state index is 5.29. The van der Waals surface area contributed by atoms with E-state index >= 15 is 0 Å². The lowest BCUT2D eigenvalue weighted by Crippen LogP contribution is -2.22. The SMILES string of the molecule is C[SiH](C)C=CCNCCN. The average Bonchev–Trinajstić information content (AvgIpc) is 1.87. The third-order valence-electron chi connectivity index (χ3n) is 1.10. The molecule has 0 aliphatic carbocycles. The van der Waals surface area contributed by atoms with Crippen molar-refractivity contribution in [1.82, 2.24) is 5.32 Å². The molecule has 0 aliphatic rings. The quantitative estimate of drug-likeness (QED) is 0.440. The summed E-state index contributed by atoms with van der Waals surface area (Å²) in [4.78, 5) is 0. The van der Waals surface area contributed by atoms with Gasteiger partial charge in [0.2, 0.25) is 0 Å². The van der Waals surface area contributed by atoms with Crippen molar-refractivity contribution in [3.05, 3.63) is 11.8 Å². The second kappa shape index (κ2) is 6.99. The lowest BCUT2D eigenvalue weighted by Gasteiger charge is -1.96. The molecule has 0 saturated carbocycles. The van der Waals surface area contributed by atoms with Gasteiger partial charge in [0, 0.05) is 19.6 Å². The summed E-state index contributed by atoms with van der Waals surface area (Å²) in [5, 5.41) is 3.20. The first-order valence-electron chi connectivity index (χ1n) is 3.84. The third-order valence-corrected chi connectivity index (χ3v) is 2.15. The van der Waals surface area contributed by atoms with Crippen LogP contribution in [0.15, 0.2) is 11.8 Å². The Balaban J connectivity index is 3.02. The van der Waals surface area contributed by atoms with Crippen molar-refractivity contribution in [3.63, 3.8) is 0 Å². The van der Waals surface area contributed by atoms with Gasteiger partial charge in [-0.3, -0.25) is 0 Å². The summed E-state index contributed by atoms with van der Waals surface area (Å²) >= 11 is 0. The molecule has 0 saturated heterocycles. The van der Waals surface area contributed by atoms with Crippen molar-refractivity contribution in [3.8, 4) is 0 Å². The van der Waals surface area contributed by atoms with Crippen molar-refractivity contribution in [1.29, 1.82) is 0 Å². The highest BCUT2D eigenvalue weighted by Gasteiger charge is 1.84. The van der Waals surface area contributed by atoms with Gasteiger partial charge in [-0.05, 0) is 0 Å². The van der Waals surface area contributed by atoms with E-state index in [1.807, 2.05) is 0 Å². The van der Waals surface area contributed by atoms with Crippen LogP contribution < -0.4 is 11.1 Å². The minimum Gasteiger partial charge on any atom is -0.329 e. The monoisotopic (exact) mass is 158 g/mol. The number of nitrogens with two attached hydrogens (primary N) is 1. The third kappa shape index (κ3) is 7.88. The molecule has 0 heterocycles. The van der Waals surface area contributed by atoms with Crippen molar-refractivity contribution in [2.24, 2.45) is 5.73 Å². The highest BCUT2D eigenvalue weighted by Crippen LogP contribution is 1.80. The Morgan fingerprint density at radius 3 is 2.70 bits per heavy atom. The van der Waals surface area contributed by atoms with E-state index in [-0.39, 0.29) is 0 Å². The Bertz CT molecular complexity index is 91.6. The number of nitrogens with one attached hydrogen (secondary N) is 1. The first-order valence-corrected chi connectivity index (χ1v) is 6.82. The molecule has 0 rings (SSSR count). The molecule has 10 heavy (non-hydrogen) atoms. The normalized spacial score (nSPS) is 11.6. The van der Waals surface area contributed by atoms with Gasteiger partial charge in [-0.15, -0.1) is 5.70 Å². The Morgan fingerprint density at radius 1 is 1.50 bits per heavy atom. The van der Waals surface area contributed by atoms with Gasteiger partial charge < -0.3 is 11.1 Å². The van der Waals surface area contributed by atoms with Gasteiger partial charge in [-0.2, -0.15) is 0 Å². The lowest BCUT2D eigenvalue weighted by molar-refractivity contribution is 0.754. The highest BCUT2D eigenvalue weighted by molar-refractivity contribution is 6.61. The molecule has 0 fully saturated rings. The zero-order valence-electron chi connectivity index (χ0n) is 6.93. The summed E-state index contributed by atoms with van der Waals surface area (Å²) in [6, 6.07) is 0. The van der Waals surface area contributed by atoms with Crippen LogP contribution >= 0.6 is 0 Å². The van der Waals surface area contributed by atoms with Crippen LogP contribution in [0.1, 0.15) is 0 Å². The topological polar surface area (TPSA) is 38.0 Å². The predicted octanol–water partition coefficient (Wildman–Crippen LogP) is 0.117. The summed E-state index contributed by atoms with van der Waals surface area (Å²) in [6.45, 7) is 7.23. The second-order valence-electron chi connectivity index (χ2n) is 2.66. The van der Waals surface area contributed by atoms with Gasteiger partial charge in [0.1, 0.15) is 0 Å². The number of hydrogen-bond donors (Lipinski definition) is 2. The van der Waals surface area contributed by atoms with E-state index < -0.39 is 8.80 Å². The van der Waals surface area contributed by atoms with Gasteiger partial charge >= 0.3 is 0 Å². The molecule has 2 nitrogen and oxygen atoms in total. The molecule has 0 radical (unpaired) electrons. The fourth-order valence-electron chi connectivity index (χ4n) is 0.628. The summed E-state index contributed by atoms with van der Waals surface area (Å²) in [6.07, 6.45) is 2.20. The first kappa shape index (κ1) is 9.88. The smallest absolute Gasteiger partial charge is 0.0550 e. The molecule has 60 valence electrons. The standard InChI is InChI=1S/C7H18N2Si/c1-10(2)7-3-5-9-6-4-8/h3,7,9-10H,4-6,8H2,1-2H3. The summed E-state index contributed by atoms with van der Waals surface area (Å²) < 4.78 is 0. The van der Waals surface area contributed by atoms with E-state index in [0.717, 1.165) is 19.6 Å². The average molecular weight is 158 g/mol. The van der Waals surface area contributed by atoms with Gasteiger partial charge in [0.25, 0.3) is 0 Å². The molecule has 0 bridgehead atoms. The van der Waals surface area contributed by atoms with E-state index in [9.17, 15) is 0 Å². The van der Waals surface area contributed by atoms with Crippen LogP contribution in [-0.2, 0) is 0 Å². The van der Waals surface area contributed by atoms with Crippen molar-refractivity contribution >= 4 is 8.80 Å². The predicted molar refractivity (Wildman–Crippen MR) is 49.9 cm³/mol. The number of hydrogen-bond acceptors (Lipinski definition) is 2. The Morgan fingerprint density at radius 2 is 2.20 bits per heavy atom. The van der Waals surface area contributed by atoms with Crippen molar-refractivity contribution in [2.75, 3.05) is 19.6 Å². The first-order chi connectivity index (χ1) is 4.77. The molecular formula is C7H18N2Si. The fourth-order valence-corrected chi connectivity index (χ4v) is 1.31. The summed E-state index contributed by atoms with van der Waals surface area (Å²) in [7, 11) is -0.474. The van der Waals surface area contributed by atoms with Crippen LogP contribution in [0.3, 0.4) is 0 Å². The van der Waals surface area contributed by atoms with E-state index in [1.54, 1.807) is 0 Å². The summed E-state index contributed by atoms with van der Waals surface area (Å²) in [5.74, 6) is 0. The summed E-state index contributed by atoms with van der Waals surface area (Å²) in [5.41, 5.74) is 7.62. The lowest BCUT2D eigenvalue weighted by atomic mass is 10.6. The Labute approximate surface area is 65.1 Å². The van der Waals surface area contributed by atoms with Crippen LogP contribution in [0.5, 0.6) is 0 Å². The van der Waals surface area contributed by atoms with Crippen molar-refractivity contribution < 1.29 is 0 Å². The van der Waals surface area contributed by atoms with E-state index in [0.29, 0.717) is 0 Å². The molecule has 3 N–H and O–H groups in total. The van der Waals surface area contributed by atoms with Crippen LogP contribution in [0, 0.1) is 0 Å². The Kier molecular flexibility index (Phi) is 6.90. The van der Waals surface area contributed by atoms with Crippen LogP contribution in [-0.4, -0.2) is 28.4 Å². The van der Waals surface area contributed by atoms with Crippen LogP contribution in [0.25, 0.3) is 0 Å². The molecule has 0 unspecified atom stereocenters. The van der Waals surface area contributed by atoms with Crippen LogP contribution in [0.4, 0.5) is 0 Å². The van der Waals surface area contributed by atoms with E-state index in [2.05, 4.69) is 30.2 Å². The van der Waals surface area contributed by atoms with Gasteiger partial charge in [0.15, 0.2) is 0 Å². The molecule has 0 aromatic heterocycles. The zero-order valence-corrected chi connectivity index (χ0v) is 8.09. The van der Waals surface area contributed by atoms with Crippen molar-refractivity contribution in [2.45, 2.75) is 13.1 Å². The van der Waals surface area contributed by atoms with E-state index in [1.165, 1.54) is 0 Å². The second-order valence-corrected chi connectivity index (χ2v) is 5.54. The highest BCUT2D eigenvalue weighted by atomic mass is 28.3. The molecule has 0 aromatic carbocycles. The maximum Gasteiger partial charge on any atom is 0.0550 e. The molecule has 0 aliphatic heterocycles. The van der Waals surface area contributed by atoms with E-state index in [4.69, 9.17) is 5.73 Å². The van der Waals surface area contributed by atoms with Crippen LogP contribution in [0.2, 0.25) is 13.1 Å². The molecule has 3 heteroatoms. The molecule has 0 aromatic rings.